The van der Waals surface area contributed by atoms with Crippen molar-refractivity contribution < 1.29 is 14.6 Å². The van der Waals surface area contributed by atoms with Crippen LogP contribution >= 0.6 is 0 Å². The lowest BCUT2D eigenvalue weighted by molar-refractivity contribution is -0.0851. The fourth-order valence-corrected chi connectivity index (χ4v) is 8.27. The van der Waals surface area contributed by atoms with Crippen LogP contribution in [0.3, 0.4) is 0 Å². The third-order valence-corrected chi connectivity index (χ3v) is 9.28. The van der Waals surface area contributed by atoms with Crippen LogP contribution < -0.4 is 0 Å². The zero-order valence-electron chi connectivity index (χ0n) is 19.0. The van der Waals surface area contributed by atoms with Gasteiger partial charge in [0.05, 0.1) is 29.9 Å². The van der Waals surface area contributed by atoms with Crippen molar-refractivity contribution in [1.82, 2.24) is 14.5 Å². The molecule has 6 heteroatoms. The average Bonchev–Trinajstić information content (AvgIpc) is 3.02. The minimum Gasteiger partial charge on any atom is -0.444 e. The number of fused-ring (bicyclic) bond motifs is 5. The van der Waals surface area contributed by atoms with E-state index in [0.717, 1.165) is 37.9 Å². The van der Waals surface area contributed by atoms with E-state index in [2.05, 4.69) is 33.8 Å². The fourth-order valence-electron chi connectivity index (χ4n) is 8.27. The van der Waals surface area contributed by atoms with Gasteiger partial charge in [0, 0.05) is 35.4 Å². The standard InChI is InChI=1S/C26H31N3O3/c1-24(2,3)32-23(30)28-13-15-8-9-16(28)10-25-11-19(26(25,31)22(15)25)21-18-7-5-4-6-17(18)20-12-27-14-29(20)21/h4-7,12,14-16,19,21-22,31H,8-11,13H2,1-3H3/t15-,16+,19+,21+,22?,25+,26+/m1/s1. The molecular formula is C26H31N3O3. The number of rotatable bonds is 1. The van der Waals surface area contributed by atoms with Gasteiger partial charge < -0.3 is 19.3 Å². The molecule has 2 saturated heterocycles. The Morgan fingerprint density at radius 1 is 1.22 bits per heavy atom. The SMILES string of the molecule is CC(C)(C)OC(=O)N1C[C@H]2CC[C@H]1C[C@@]13C[C@@H]([C@@H]4c5ccccc5-c5cncn54)[C@]1(O)C23. The van der Waals surface area contributed by atoms with E-state index in [9.17, 15) is 9.90 Å². The van der Waals surface area contributed by atoms with Gasteiger partial charge >= 0.3 is 6.09 Å². The second-order valence-electron chi connectivity index (χ2n) is 11.8. The van der Waals surface area contributed by atoms with Gasteiger partial charge in [0.2, 0.25) is 0 Å². The van der Waals surface area contributed by atoms with Crippen LogP contribution in [0.25, 0.3) is 11.3 Å². The first-order valence-corrected chi connectivity index (χ1v) is 12.1. The predicted octanol–water partition coefficient (Wildman–Crippen LogP) is 4.24. The highest BCUT2D eigenvalue weighted by Gasteiger charge is 2.89. The van der Waals surface area contributed by atoms with Gasteiger partial charge in [-0.2, -0.15) is 0 Å². The molecule has 3 aliphatic carbocycles. The number of hydrogen-bond donors (Lipinski definition) is 1. The summed E-state index contributed by atoms with van der Waals surface area (Å²) >= 11 is 0. The first kappa shape index (κ1) is 19.2. The van der Waals surface area contributed by atoms with Gasteiger partial charge in [0.1, 0.15) is 5.60 Å². The molecule has 1 spiro atoms. The van der Waals surface area contributed by atoms with Crippen molar-refractivity contribution in [2.75, 3.05) is 6.54 Å². The Kier molecular flexibility index (Phi) is 3.45. The Bertz CT molecular complexity index is 1140. The highest BCUT2D eigenvalue weighted by Crippen LogP contribution is 2.85. The van der Waals surface area contributed by atoms with Crippen molar-refractivity contribution in [2.45, 2.75) is 69.7 Å². The fraction of sp³-hybridized carbons (Fsp3) is 0.615. The summed E-state index contributed by atoms with van der Waals surface area (Å²) in [6.45, 7) is 6.50. The van der Waals surface area contributed by atoms with Gasteiger partial charge in [0.15, 0.2) is 0 Å². The van der Waals surface area contributed by atoms with E-state index in [-0.39, 0.29) is 35.4 Å². The van der Waals surface area contributed by atoms with E-state index in [1.807, 2.05) is 38.2 Å². The molecule has 32 heavy (non-hydrogen) atoms. The molecule has 1 amide bonds. The summed E-state index contributed by atoms with van der Waals surface area (Å²) in [7, 11) is 0. The molecule has 5 fully saturated rings. The van der Waals surface area contributed by atoms with Crippen LogP contribution in [-0.4, -0.2) is 49.4 Å². The number of aromatic nitrogens is 2. The number of carbonyl (C=O) groups is 1. The Labute approximate surface area is 188 Å². The van der Waals surface area contributed by atoms with Crippen LogP contribution in [-0.2, 0) is 4.74 Å². The molecule has 1 N–H and O–H groups in total. The lowest BCUT2D eigenvalue weighted by atomic mass is 9.64. The molecule has 3 saturated carbocycles. The molecule has 1 aromatic heterocycles. The van der Waals surface area contributed by atoms with Gasteiger partial charge in [-0.25, -0.2) is 9.78 Å². The van der Waals surface area contributed by atoms with E-state index >= 15 is 0 Å². The van der Waals surface area contributed by atoms with Crippen molar-refractivity contribution >= 4 is 6.09 Å². The zero-order chi connectivity index (χ0) is 22.0. The van der Waals surface area contributed by atoms with Gasteiger partial charge in [-0.1, -0.05) is 24.3 Å². The quantitative estimate of drug-likeness (QED) is 0.731. The first-order valence-electron chi connectivity index (χ1n) is 12.1. The van der Waals surface area contributed by atoms with Gasteiger partial charge in [-0.15, -0.1) is 0 Å². The predicted molar refractivity (Wildman–Crippen MR) is 119 cm³/mol. The number of imidazole rings is 1. The Balaban J connectivity index is 1.19. The van der Waals surface area contributed by atoms with E-state index in [1.165, 1.54) is 11.1 Å². The molecule has 3 aliphatic heterocycles. The molecule has 8 rings (SSSR count). The number of carbonyl (C=O) groups excluding carboxylic acids is 1. The number of piperidine rings is 1. The van der Waals surface area contributed by atoms with Crippen molar-refractivity contribution in [1.29, 1.82) is 0 Å². The largest absolute Gasteiger partial charge is 0.444 e. The van der Waals surface area contributed by atoms with Crippen molar-refractivity contribution in [3.05, 3.63) is 42.4 Å². The maximum atomic E-state index is 12.9. The summed E-state index contributed by atoms with van der Waals surface area (Å²) in [5.74, 6) is 0.853. The van der Waals surface area contributed by atoms with Crippen molar-refractivity contribution in [2.24, 2.45) is 23.2 Å². The average molecular weight is 434 g/mol. The smallest absolute Gasteiger partial charge is 0.410 e. The number of amides is 1. The lowest BCUT2D eigenvalue weighted by Crippen LogP contribution is -2.53. The molecule has 6 aliphatic rings. The monoisotopic (exact) mass is 433 g/mol. The van der Waals surface area contributed by atoms with E-state index in [1.54, 1.807) is 0 Å². The number of nitrogens with zero attached hydrogens (tertiary/aromatic N) is 3. The van der Waals surface area contributed by atoms with Gasteiger partial charge in [0.25, 0.3) is 0 Å². The Hall–Kier alpha value is -2.34. The van der Waals surface area contributed by atoms with E-state index < -0.39 is 11.2 Å². The van der Waals surface area contributed by atoms with Crippen LogP contribution in [0, 0.1) is 23.2 Å². The molecule has 168 valence electrons. The highest BCUT2D eigenvalue weighted by molar-refractivity contribution is 5.70. The van der Waals surface area contributed by atoms with Crippen LogP contribution in [0.15, 0.2) is 36.8 Å². The maximum Gasteiger partial charge on any atom is 0.410 e. The van der Waals surface area contributed by atoms with E-state index in [4.69, 9.17) is 4.74 Å². The maximum absolute atomic E-state index is 12.9. The Morgan fingerprint density at radius 3 is 2.84 bits per heavy atom. The van der Waals surface area contributed by atoms with Crippen LogP contribution in [0.1, 0.15) is 58.1 Å². The zero-order valence-corrected chi connectivity index (χ0v) is 19.0. The van der Waals surface area contributed by atoms with Crippen LogP contribution in [0.5, 0.6) is 0 Å². The molecule has 0 radical (unpaired) electrons. The number of ether oxygens (including phenoxy) is 1. The minimum absolute atomic E-state index is 0.0292. The van der Waals surface area contributed by atoms with Crippen molar-refractivity contribution in [3.63, 3.8) is 0 Å². The Morgan fingerprint density at radius 2 is 2.03 bits per heavy atom. The number of benzene rings is 1. The molecular weight excluding hydrogens is 402 g/mol. The molecule has 1 aromatic carbocycles. The normalized spacial score (nSPS) is 40.5. The lowest BCUT2D eigenvalue weighted by Gasteiger charge is -2.48. The molecule has 2 aromatic rings. The first-order chi connectivity index (χ1) is 15.2. The second-order valence-corrected chi connectivity index (χ2v) is 11.8. The molecule has 7 atom stereocenters. The minimum atomic E-state index is -0.625. The van der Waals surface area contributed by atoms with Gasteiger partial charge in [-0.3, -0.25) is 0 Å². The highest BCUT2D eigenvalue weighted by atomic mass is 16.6. The summed E-state index contributed by atoms with van der Waals surface area (Å²) < 4.78 is 8.01. The van der Waals surface area contributed by atoms with E-state index in [0.29, 0.717) is 5.92 Å². The second kappa shape index (κ2) is 5.77. The summed E-state index contributed by atoms with van der Waals surface area (Å²) in [6, 6.07) is 8.92. The third-order valence-electron chi connectivity index (χ3n) is 9.28. The summed E-state index contributed by atoms with van der Waals surface area (Å²) in [5.41, 5.74) is 2.59. The molecule has 1 unspecified atom stereocenters. The van der Waals surface area contributed by atoms with Crippen LogP contribution in [0.4, 0.5) is 4.79 Å². The number of hydrogen-bond acceptors (Lipinski definition) is 4. The molecule has 6 nitrogen and oxygen atoms in total. The molecule has 4 heterocycles. The summed E-state index contributed by atoms with van der Waals surface area (Å²) in [4.78, 5) is 19.3. The number of aliphatic hydroxyl groups is 1. The third kappa shape index (κ3) is 2.15. The topological polar surface area (TPSA) is 67.6 Å². The van der Waals surface area contributed by atoms with Crippen molar-refractivity contribution in [3.8, 4) is 11.3 Å². The van der Waals surface area contributed by atoms with Crippen LogP contribution in [0.2, 0.25) is 0 Å². The summed E-state index contributed by atoms with van der Waals surface area (Å²) in [5, 5.41) is 12.1. The summed E-state index contributed by atoms with van der Waals surface area (Å²) in [6.07, 6.45) is 7.76. The molecule has 2 bridgehead atoms. The van der Waals surface area contributed by atoms with Gasteiger partial charge in [-0.05, 0) is 57.9 Å².